The molecule has 1 atom stereocenters. The maximum Gasteiger partial charge on any atom is 0.255 e. The molecule has 2 aromatic rings. The first-order valence-corrected chi connectivity index (χ1v) is 10.9. The monoisotopic (exact) mass is 408 g/mol. The maximum absolute atomic E-state index is 13.1. The molecule has 30 heavy (non-hydrogen) atoms. The van der Waals surface area contributed by atoms with Crippen molar-refractivity contribution in [3.05, 3.63) is 64.5 Å². The third kappa shape index (κ3) is 5.21. The topological polar surface area (TPSA) is 82.5 Å². The van der Waals surface area contributed by atoms with Crippen LogP contribution in [-0.4, -0.2) is 21.1 Å². The molecule has 0 aliphatic heterocycles. The number of benzene rings is 1. The van der Waals surface area contributed by atoms with Gasteiger partial charge in [-0.1, -0.05) is 37.5 Å². The number of phenols is 2. The van der Waals surface area contributed by atoms with Crippen molar-refractivity contribution in [3.8, 4) is 11.5 Å². The average Bonchev–Trinajstić information content (AvgIpc) is 2.73. The Hall–Kier alpha value is -2.82. The van der Waals surface area contributed by atoms with Crippen molar-refractivity contribution >= 4 is 5.91 Å². The molecule has 3 N–H and O–H groups in total. The standard InChI is InChI=1S/C25H32N2O3/c1-3-4-5-10-20-14-21(28)22(19-11-6-8-17(2)13-19)24(29)23(20)25(30)27-16-18-9-7-12-26-15-18/h7,9,12-15,19,28-29H,3-6,8,10-11,16H2,1-2H3,(H,27,30). The summed E-state index contributed by atoms with van der Waals surface area (Å²) in [5.41, 5.74) is 3.60. The van der Waals surface area contributed by atoms with Crippen LogP contribution < -0.4 is 5.32 Å². The predicted molar refractivity (Wildman–Crippen MR) is 119 cm³/mol. The molecule has 1 aromatic carbocycles. The van der Waals surface area contributed by atoms with Crippen LogP contribution in [0.5, 0.6) is 11.5 Å². The largest absolute Gasteiger partial charge is 0.507 e. The summed E-state index contributed by atoms with van der Waals surface area (Å²) in [6, 6.07) is 5.40. The smallest absolute Gasteiger partial charge is 0.255 e. The van der Waals surface area contributed by atoms with Gasteiger partial charge in [-0.2, -0.15) is 0 Å². The van der Waals surface area contributed by atoms with Gasteiger partial charge in [0.25, 0.3) is 5.91 Å². The number of unbranched alkanes of at least 4 members (excludes halogenated alkanes) is 2. The van der Waals surface area contributed by atoms with Crippen molar-refractivity contribution in [2.45, 2.75) is 71.3 Å². The maximum atomic E-state index is 13.1. The molecule has 1 aromatic heterocycles. The highest BCUT2D eigenvalue weighted by Gasteiger charge is 2.27. The zero-order valence-corrected chi connectivity index (χ0v) is 17.9. The number of phenolic OH excluding ortho intramolecular Hbond substituents is 2. The Labute approximate surface area is 178 Å². The number of rotatable bonds is 8. The summed E-state index contributed by atoms with van der Waals surface area (Å²) in [6.07, 6.45) is 12.0. The van der Waals surface area contributed by atoms with E-state index in [4.69, 9.17) is 0 Å². The summed E-state index contributed by atoms with van der Waals surface area (Å²) < 4.78 is 0. The second-order valence-electron chi connectivity index (χ2n) is 8.20. The summed E-state index contributed by atoms with van der Waals surface area (Å²) in [4.78, 5) is 17.2. The Bertz CT molecular complexity index is 906. The van der Waals surface area contributed by atoms with Gasteiger partial charge in [-0.25, -0.2) is 0 Å². The van der Waals surface area contributed by atoms with E-state index in [9.17, 15) is 15.0 Å². The van der Waals surface area contributed by atoms with Crippen molar-refractivity contribution in [2.75, 3.05) is 0 Å². The zero-order valence-electron chi connectivity index (χ0n) is 17.9. The minimum atomic E-state index is -0.319. The first kappa shape index (κ1) is 21.9. The highest BCUT2D eigenvalue weighted by molar-refractivity contribution is 5.99. The normalized spacial score (nSPS) is 16.2. The zero-order chi connectivity index (χ0) is 21.5. The molecular weight excluding hydrogens is 376 g/mol. The van der Waals surface area contributed by atoms with E-state index in [1.54, 1.807) is 18.5 Å². The van der Waals surface area contributed by atoms with Crippen LogP contribution in [0.15, 0.2) is 42.2 Å². The van der Waals surface area contributed by atoms with Gasteiger partial charge in [0.05, 0.1) is 5.56 Å². The van der Waals surface area contributed by atoms with Crippen LogP contribution in [0.2, 0.25) is 0 Å². The Kier molecular flexibility index (Phi) is 7.50. The molecule has 0 fully saturated rings. The quantitative estimate of drug-likeness (QED) is 0.405. The molecule has 160 valence electrons. The molecule has 1 aliphatic rings. The number of nitrogens with one attached hydrogen (secondary N) is 1. The predicted octanol–water partition coefficient (Wildman–Crippen LogP) is 5.37. The lowest BCUT2D eigenvalue weighted by atomic mass is 9.83. The Balaban J connectivity index is 1.95. The Morgan fingerprint density at radius 2 is 2.13 bits per heavy atom. The van der Waals surface area contributed by atoms with Crippen molar-refractivity contribution in [3.63, 3.8) is 0 Å². The minimum Gasteiger partial charge on any atom is -0.507 e. The second kappa shape index (κ2) is 10.3. The van der Waals surface area contributed by atoms with Crippen LogP contribution in [0.3, 0.4) is 0 Å². The molecule has 3 rings (SSSR count). The van der Waals surface area contributed by atoms with Crippen molar-refractivity contribution in [1.29, 1.82) is 0 Å². The summed E-state index contributed by atoms with van der Waals surface area (Å²) in [5, 5.41) is 24.8. The number of carbonyl (C=O) groups is 1. The number of aromatic nitrogens is 1. The molecule has 0 saturated carbocycles. The highest BCUT2D eigenvalue weighted by Crippen LogP contribution is 2.44. The number of aromatic hydroxyl groups is 2. The lowest BCUT2D eigenvalue weighted by Crippen LogP contribution is -2.25. The lowest BCUT2D eigenvalue weighted by molar-refractivity contribution is 0.0947. The molecule has 1 heterocycles. The van der Waals surface area contributed by atoms with Gasteiger partial charge in [-0.15, -0.1) is 0 Å². The van der Waals surface area contributed by atoms with E-state index in [1.165, 1.54) is 5.57 Å². The molecule has 1 aliphatic carbocycles. The van der Waals surface area contributed by atoms with Gasteiger partial charge in [0.15, 0.2) is 0 Å². The number of allylic oxidation sites excluding steroid dienone is 2. The summed E-state index contributed by atoms with van der Waals surface area (Å²) in [7, 11) is 0. The molecule has 5 heteroatoms. The van der Waals surface area contributed by atoms with Crippen LogP contribution in [0, 0.1) is 0 Å². The molecule has 0 saturated heterocycles. The number of hydrogen-bond donors (Lipinski definition) is 3. The number of pyridine rings is 1. The van der Waals surface area contributed by atoms with E-state index in [0.717, 1.165) is 44.1 Å². The number of amides is 1. The Morgan fingerprint density at radius 1 is 1.30 bits per heavy atom. The summed E-state index contributed by atoms with van der Waals surface area (Å²) in [5.74, 6) is -0.395. The minimum absolute atomic E-state index is 0.0756. The van der Waals surface area contributed by atoms with Gasteiger partial charge in [0, 0.05) is 30.4 Å². The molecule has 1 amide bonds. The second-order valence-corrected chi connectivity index (χ2v) is 8.20. The Morgan fingerprint density at radius 3 is 2.83 bits per heavy atom. The summed E-state index contributed by atoms with van der Waals surface area (Å²) in [6.45, 7) is 4.53. The van der Waals surface area contributed by atoms with Crippen molar-refractivity contribution < 1.29 is 15.0 Å². The molecular formula is C25H32N2O3. The molecule has 0 bridgehead atoms. The van der Waals surface area contributed by atoms with E-state index in [1.807, 2.05) is 12.1 Å². The van der Waals surface area contributed by atoms with Gasteiger partial charge >= 0.3 is 0 Å². The number of hydrogen-bond acceptors (Lipinski definition) is 4. The van der Waals surface area contributed by atoms with Gasteiger partial charge in [0.1, 0.15) is 11.5 Å². The first-order valence-electron chi connectivity index (χ1n) is 10.9. The van der Waals surface area contributed by atoms with Crippen LogP contribution in [0.4, 0.5) is 0 Å². The third-order valence-corrected chi connectivity index (χ3v) is 5.80. The number of nitrogens with zero attached hydrogens (tertiary/aromatic N) is 1. The van der Waals surface area contributed by atoms with E-state index in [2.05, 4.69) is 30.2 Å². The SMILES string of the molecule is CCCCCc1cc(O)c(C2C=C(C)CCC2)c(O)c1C(=O)NCc1cccnc1. The van der Waals surface area contributed by atoms with Gasteiger partial charge in [-0.3, -0.25) is 9.78 Å². The third-order valence-electron chi connectivity index (χ3n) is 5.80. The van der Waals surface area contributed by atoms with Crippen LogP contribution in [-0.2, 0) is 13.0 Å². The van der Waals surface area contributed by atoms with E-state index >= 15 is 0 Å². The van der Waals surface area contributed by atoms with Crippen molar-refractivity contribution in [1.82, 2.24) is 10.3 Å². The first-order chi connectivity index (χ1) is 14.5. The molecule has 5 nitrogen and oxygen atoms in total. The van der Waals surface area contributed by atoms with Crippen LogP contribution in [0.25, 0.3) is 0 Å². The lowest BCUT2D eigenvalue weighted by Gasteiger charge is -2.24. The van der Waals surface area contributed by atoms with E-state index < -0.39 is 0 Å². The van der Waals surface area contributed by atoms with E-state index in [-0.39, 0.29) is 23.3 Å². The average molecular weight is 409 g/mol. The number of aryl methyl sites for hydroxylation is 1. The van der Waals surface area contributed by atoms with Gasteiger partial charge in [-0.05, 0) is 62.3 Å². The van der Waals surface area contributed by atoms with Gasteiger partial charge in [0.2, 0.25) is 0 Å². The molecule has 1 unspecified atom stereocenters. The molecule has 0 spiro atoms. The fourth-order valence-electron chi connectivity index (χ4n) is 4.22. The highest BCUT2D eigenvalue weighted by atomic mass is 16.3. The number of carbonyl (C=O) groups excluding carboxylic acids is 1. The van der Waals surface area contributed by atoms with Crippen LogP contribution in [0.1, 0.15) is 85.3 Å². The van der Waals surface area contributed by atoms with E-state index in [0.29, 0.717) is 29.7 Å². The fraction of sp³-hybridized carbons (Fsp3) is 0.440. The molecule has 0 radical (unpaired) electrons. The fourth-order valence-corrected chi connectivity index (χ4v) is 4.22. The van der Waals surface area contributed by atoms with Gasteiger partial charge < -0.3 is 15.5 Å². The van der Waals surface area contributed by atoms with Crippen molar-refractivity contribution in [2.24, 2.45) is 0 Å². The van der Waals surface area contributed by atoms with Crippen LogP contribution >= 0.6 is 0 Å². The summed E-state index contributed by atoms with van der Waals surface area (Å²) >= 11 is 0.